The summed E-state index contributed by atoms with van der Waals surface area (Å²) in [5, 5.41) is 32.7. The monoisotopic (exact) mass is 474 g/mol. The summed E-state index contributed by atoms with van der Waals surface area (Å²) in [6, 6.07) is 3.20. The highest BCUT2D eigenvalue weighted by molar-refractivity contribution is 6.28. The summed E-state index contributed by atoms with van der Waals surface area (Å²) in [5.41, 5.74) is -1.20. The van der Waals surface area contributed by atoms with Gasteiger partial charge in [-0.05, 0) is 92.1 Å². The number of rotatable bonds is 2. The highest BCUT2D eigenvalue weighted by atomic mass is 16.6. The zero-order valence-electron chi connectivity index (χ0n) is 19.7. The van der Waals surface area contributed by atoms with Gasteiger partial charge in [0.2, 0.25) is 0 Å². The van der Waals surface area contributed by atoms with Gasteiger partial charge in [0.25, 0.3) is 0 Å². The van der Waals surface area contributed by atoms with Crippen molar-refractivity contribution < 1.29 is 34.1 Å². The minimum Gasteiger partial charge on any atom is -0.473 e. The number of aliphatic hydroxyl groups is 2. The number of ether oxygens (including phenoxy) is 1. The van der Waals surface area contributed by atoms with Gasteiger partial charge in [-0.25, -0.2) is 14.4 Å². The average molecular weight is 475 g/mol. The van der Waals surface area contributed by atoms with E-state index in [0.717, 1.165) is 24.8 Å². The first kappa shape index (κ1) is 23.5. The van der Waals surface area contributed by atoms with E-state index in [1.165, 1.54) is 12.3 Å². The molecule has 4 aliphatic carbocycles. The van der Waals surface area contributed by atoms with Gasteiger partial charge in [0.1, 0.15) is 6.10 Å². The van der Waals surface area contributed by atoms with Crippen molar-refractivity contribution in [3.8, 4) is 0 Å². The van der Waals surface area contributed by atoms with Gasteiger partial charge < -0.3 is 24.5 Å². The Morgan fingerprint density at radius 3 is 2.56 bits per heavy atom. The molecule has 1 aromatic heterocycles. The summed E-state index contributed by atoms with van der Waals surface area (Å²) in [6.45, 7) is 4.27. The molecule has 5 rings (SSSR count). The first-order valence-corrected chi connectivity index (χ1v) is 12.4. The van der Waals surface area contributed by atoms with E-state index in [0.29, 0.717) is 32.1 Å². The van der Waals surface area contributed by atoms with Gasteiger partial charge in [-0.3, -0.25) is 0 Å². The first-order chi connectivity index (χ1) is 16.0. The van der Waals surface area contributed by atoms with Crippen LogP contribution in [0.3, 0.4) is 0 Å². The molecule has 9 atom stereocenters. The van der Waals surface area contributed by atoms with E-state index >= 15 is 0 Å². The number of carbonyl (C=O) groups is 2. The number of carbonyl (C=O) groups excluding carboxylic acids is 1. The number of hydrogen-bond donors (Lipinski definition) is 3. The third-order valence-electron chi connectivity index (χ3n) is 10.3. The van der Waals surface area contributed by atoms with Crippen LogP contribution in [0.25, 0.3) is 0 Å². The predicted octanol–water partition coefficient (Wildman–Crippen LogP) is 2.85. The third kappa shape index (κ3) is 3.28. The van der Waals surface area contributed by atoms with E-state index in [1.54, 1.807) is 6.07 Å². The Kier molecular flexibility index (Phi) is 5.48. The molecule has 34 heavy (non-hydrogen) atoms. The van der Waals surface area contributed by atoms with Crippen molar-refractivity contribution >= 4 is 11.9 Å². The summed E-state index contributed by atoms with van der Waals surface area (Å²) in [6.07, 6.45) is 5.84. The summed E-state index contributed by atoms with van der Waals surface area (Å²) >= 11 is 0. The SMILES string of the molecule is C[C@]12CC[C@H](OC(=O)C(=O)O)C[C@H]1CC[C@@H]1[C@@H]2[C@H](O)C[C@]2(C)[C@@H](c3ccc(=O)oc3)CC[C@]12O. The van der Waals surface area contributed by atoms with E-state index in [4.69, 9.17) is 14.3 Å². The fraction of sp³-hybridized carbons (Fsp3) is 0.731. The molecule has 4 saturated carbocycles. The van der Waals surface area contributed by atoms with Crippen LogP contribution in [-0.2, 0) is 14.3 Å². The number of carboxylic acid groups (broad SMARTS) is 1. The maximum atomic E-state index is 12.3. The number of carboxylic acids is 1. The quantitative estimate of drug-likeness (QED) is 0.440. The second-order valence-corrected chi connectivity index (χ2v) is 11.6. The molecule has 4 fully saturated rings. The van der Waals surface area contributed by atoms with Crippen molar-refractivity contribution in [3.05, 3.63) is 34.4 Å². The summed E-state index contributed by atoms with van der Waals surface area (Å²) in [7, 11) is 0. The van der Waals surface area contributed by atoms with Crippen LogP contribution in [0.1, 0.15) is 76.7 Å². The van der Waals surface area contributed by atoms with Crippen LogP contribution >= 0.6 is 0 Å². The molecule has 0 radical (unpaired) electrons. The maximum absolute atomic E-state index is 12.3. The normalized spacial score (nSPS) is 45.5. The van der Waals surface area contributed by atoms with Crippen LogP contribution in [-0.4, -0.2) is 45.1 Å². The number of fused-ring (bicyclic) bond motifs is 5. The Balaban J connectivity index is 1.41. The molecule has 0 bridgehead atoms. The van der Waals surface area contributed by atoms with Crippen LogP contribution in [0, 0.1) is 28.6 Å². The highest BCUT2D eigenvalue weighted by Crippen LogP contribution is 2.70. The summed E-state index contributed by atoms with van der Waals surface area (Å²) in [5.74, 6) is -2.73. The van der Waals surface area contributed by atoms with Crippen molar-refractivity contribution in [2.45, 2.75) is 88.9 Å². The molecule has 0 spiro atoms. The molecule has 8 heteroatoms. The number of aliphatic carboxylic acids is 1. The van der Waals surface area contributed by atoms with Crippen LogP contribution < -0.4 is 5.63 Å². The zero-order valence-corrected chi connectivity index (χ0v) is 19.7. The fourth-order valence-corrected chi connectivity index (χ4v) is 8.70. The Labute approximate surface area is 198 Å². The van der Waals surface area contributed by atoms with E-state index in [9.17, 15) is 24.6 Å². The van der Waals surface area contributed by atoms with Crippen molar-refractivity contribution in [1.82, 2.24) is 0 Å². The smallest absolute Gasteiger partial charge is 0.417 e. The van der Waals surface area contributed by atoms with Crippen molar-refractivity contribution in [2.75, 3.05) is 0 Å². The van der Waals surface area contributed by atoms with Crippen LogP contribution in [0.5, 0.6) is 0 Å². The minimum atomic E-state index is -1.57. The lowest BCUT2D eigenvalue weighted by Crippen LogP contribution is -2.66. The lowest BCUT2D eigenvalue weighted by molar-refractivity contribution is -0.240. The van der Waals surface area contributed by atoms with E-state index in [2.05, 4.69) is 13.8 Å². The first-order valence-electron chi connectivity index (χ1n) is 12.4. The Bertz CT molecular complexity index is 1030. The van der Waals surface area contributed by atoms with Gasteiger partial charge in [0.15, 0.2) is 0 Å². The molecule has 0 amide bonds. The van der Waals surface area contributed by atoms with Gasteiger partial charge in [0, 0.05) is 11.5 Å². The van der Waals surface area contributed by atoms with Crippen LogP contribution in [0.4, 0.5) is 0 Å². The lowest BCUT2D eigenvalue weighted by atomic mass is 9.42. The number of aliphatic hydroxyl groups excluding tert-OH is 1. The van der Waals surface area contributed by atoms with Crippen LogP contribution in [0.15, 0.2) is 27.6 Å². The summed E-state index contributed by atoms with van der Waals surface area (Å²) in [4.78, 5) is 34.0. The van der Waals surface area contributed by atoms with E-state index < -0.39 is 40.8 Å². The van der Waals surface area contributed by atoms with Crippen molar-refractivity contribution in [3.63, 3.8) is 0 Å². The molecule has 0 aliphatic heterocycles. The maximum Gasteiger partial charge on any atom is 0.417 e. The lowest BCUT2D eigenvalue weighted by Gasteiger charge is -2.65. The molecule has 1 heterocycles. The zero-order chi connectivity index (χ0) is 24.5. The number of hydrogen-bond acceptors (Lipinski definition) is 7. The number of esters is 1. The Morgan fingerprint density at radius 1 is 1.12 bits per heavy atom. The molecule has 186 valence electrons. The standard InChI is InChI=1S/C26H34O8/c1-24-9-7-16(34-23(31)22(29)30)11-15(24)4-5-18-21(24)19(27)12-25(2)17(8-10-26(18,25)32)14-3-6-20(28)33-13-14/h3,6,13,15-19,21,27,32H,4-5,7-12H2,1-2H3,(H,29,30)/t15-,16+,17-,18-,19-,21-,24+,25-,26+/m1/s1. The van der Waals surface area contributed by atoms with E-state index in [-0.39, 0.29) is 29.1 Å². The second kappa shape index (κ2) is 7.92. The predicted molar refractivity (Wildman–Crippen MR) is 120 cm³/mol. The van der Waals surface area contributed by atoms with Crippen LogP contribution in [0.2, 0.25) is 0 Å². The molecule has 8 nitrogen and oxygen atoms in total. The highest BCUT2D eigenvalue weighted by Gasteiger charge is 2.69. The Hall–Kier alpha value is -2.19. The van der Waals surface area contributed by atoms with Gasteiger partial charge in [-0.2, -0.15) is 0 Å². The van der Waals surface area contributed by atoms with Gasteiger partial charge in [-0.1, -0.05) is 13.8 Å². The Morgan fingerprint density at radius 2 is 1.88 bits per heavy atom. The molecular formula is C26H34O8. The van der Waals surface area contributed by atoms with Gasteiger partial charge in [-0.15, -0.1) is 0 Å². The fourth-order valence-electron chi connectivity index (χ4n) is 8.70. The molecule has 1 aromatic rings. The molecule has 0 saturated heterocycles. The second-order valence-electron chi connectivity index (χ2n) is 11.6. The molecule has 3 N–H and O–H groups in total. The molecule has 0 unspecified atom stereocenters. The summed E-state index contributed by atoms with van der Waals surface area (Å²) < 4.78 is 10.3. The molecular weight excluding hydrogens is 440 g/mol. The molecule has 0 aromatic carbocycles. The van der Waals surface area contributed by atoms with Crippen molar-refractivity contribution in [2.24, 2.45) is 28.6 Å². The van der Waals surface area contributed by atoms with Gasteiger partial charge in [0.05, 0.1) is 18.0 Å². The average Bonchev–Trinajstić information content (AvgIpc) is 3.05. The van der Waals surface area contributed by atoms with Gasteiger partial charge >= 0.3 is 17.6 Å². The van der Waals surface area contributed by atoms with E-state index in [1.807, 2.05) is 0 Å². The minimum absolute atomic E-state index is 0.00542. The largest absolute Gasteiger partial charge is 0.473 e. The topological polar surface area (TPSA) is 134 Å². The van der Waals surface area contributed by atoms with Crippen molar-refractivity contribution in [1.29, 1.82) is 0 Å². The molecule has 4 aliphatic rings. The third-order valence-corrected chi connectivity index (χ3v) is 10.3.